The van der Waals surface area contributed by atoms with Gasteiger partial charge in [-0.25, -0.2) is 0 Å². The van der Waals surface area contributed by atoms with Crippen molar-refractivity contribution in [3.8, 4) is 0 Å². The lowest BCUT2D eigenvalue weighted by Gasteiger charge is -2.33. The molecular formula is C12H21N3O2S. The summed E-state index contributed by atoms with van der Waals surface area (Å²) < 4.78 is 0. The van der Waals surface area contributed by atoms with E-state index in [9.17, 15) is 9.59 Å². The van der Waals surface area contributed by atoms with Crippen molar-refractivity contribution in [2.75, 3.05) is 13.1 Å². The van der Waals surface area contributed by atoms with Crippen molar-refractivity contribution < 1.29 is 9.59 Å². The molecule has 5 nitrogen and oxygen atoms in total. The maximum atomic E-state index is 12.5. The molecule has 6 heteroatoms. The molecule has 1 saturated heterocycles. The number of carbonyl (C=O) groups is 2. The summed E-state index contributed by atoms with van der Waals surface area (Å²) in [6.45, 7) is 4.75. The molecule has 0 aromatic rings. The molecule has 1 rings (SSSR count). The van der Waals surface area contributed by atoms with E-state index in [2.05, 4.69) is 0 Å². The van der Waals surface area contributed by atoms with Crippen molar-refractivity contribution in [3.05, 3.63) is 0 Å². The Balaban J connectivity index is 2.87. The first-order chi connectivity index (χ1) is 8.39. The Bertz CT molecular complexity index is 366. The highest BCUT2D eigenvalue weighted by Crippen LogP contribution is 2.32. The molecule has 0 aromatic heterocycles. The van der Waals surface area contributed by atoms with Gasteiger partial charge in [-0.05, 0) is 19.3 Å². The fourth-order valence-electron chi connectivity index (χ4n) is 2.49. The van der Waals surface area contributed by atoms with Gasteiger partial charge in [-0.2, -0.15) is 0 Å². The van der Waals surface area contributed by atoms with Gasteiger partial charge < -0.3 is 16.4 Å². The fraction of sp³-hybridized carbons (Fsp3) is 0.750. The number of hydrogen-bond acceptors (Lipinski definition) is 3. The monoisotopic (exact) mass is 271 g/mol. The van der Waals surface area contributed by atoms with Gasteiger partial charge in [0.05, 0.1) is 16.3 Å². The number of primary amides is 1. The Morgan fingerprint density at radius 3 is 2.22 bits per heavy atom. The first-order valence-corrected chi connectivity index (χ1v) is 6.68. The quantitative estimate of drug-likeness (QED) is 0.709. The predicted octanol–water partition coefficient (Wildman–Crippen LogP) is 0.413. The van der Waals surface area contributed by atoms with Crippen LogP contribution in [-0.2, 0) is 9.59 Å². The summed E-state index contributed by atoms with van der Waals surface area (Å²) in [7, 11) is 0. The van der Waals surface area contributed by atoms with Crippen LogP contribution >= 0.6 is 12.2 Å². The molecule has 1 fully saturated rings. The summed E-state index contributed by atoms with van der Waals surface area (Å²) in [6, 6.07) is 0. The first kappa shape index (κ1) is 14.9. The zero-order valence-corrected chi connectivity index (χ0v) is 11.8. The smallest absolute Gasteiger partial charge is 0.235 e. The molecule has 1 aliphatic rings. The summed E-state index contributed by atoms with van der Waals surface area (Å²) in [5.41, 5.74) is 10.2. The number of amides is 2. The molecule has 0 radical (unpaired) electrons. The molecule has 0 saturated carbocycles. The highest BCUT2D eigenvalue weighted by molar-refractivity contribution is 7.80. The van der Waals surface area contributed by atoms with Crippen LogP contribution in [0.2, 0.25) is 0 Å². The van der Waals surface area contributed by atoms with E-state index in [0.717, 1.165) is 0 Å². The summed E-state index contributed by atoms with van der Waals surface area (Å²) in [5.74, 6) is -0.658. The van der Waals surface area contributed by atoms with Crippen molar-refractivity contribution in [1.29, 1.82) is 0 Å². The van der Waals surface area contributed by atoms with Gasteiger partial charge in [0, 0.05) is 13.1 Å². The normalized spacial score (nSPS) is 19.9. The average molecular weight is 271 g/mol. The number of carbonyl (C=O) groups excluding carboxylic acids is 2. The minimum Gasteiger partial charge on any atom is -0.392 e. The van der Waals surface area contributed by atoms with Crippen LogP contribution in [0.15, 0.2) is 0 Å². The van der Waals surface area contributed by atoms with Crippen LogP contribution in [0.3, 0.4) is 0 Å². The van der Waals surface area contributed by atoms with Crippen molar-refractivity contribution in [2.45, 2.75) is 33.1 Å². The number of nitrogens with two attached hydrogens (primary N) is 2. The Morgan fingerprint density at radius 2 is 1.89 bits per heavy atom. The second-order valence-corrected chi connectivity index (χ2v) is 5.23. The summed E-state index contributed by atoms with van der Waals surface area (Å²) in [6.07, 6.45) is 1.78. The second-order valence-electron chi connectivity index (χ2n) is 4.79. The average Bonchev–Trinajstić information content (AvgIpc) is 2.80. The molecule has 0 spiro atoms. The number of nitrogens with zero attached hydrogens (tertiary/aromatic N) is 1. The number of rotatable bonds is 5. The van der Waals surface area contributed by atoms with E-state index in [0.29, 0.717) is 32.4 Å². The number of thiocarbonyl (C=S) groups is 1. The topological polar surface area (TPSA) is 89.4 Å². The van der Waals surface area contributed by atoms with E-state index >= 15 is 0 Å². The van der Waals surface area contributed by atoms with Crippen molar-refractivity contribution in [2.24, 2.45) is 22.8 Å². The molecule has 0 aromatic carbocycles. The van der Waals surface area contributed by atoms with Crippen LogP contribution in [0.4, 0.5) is 0 Å². The lowest BCUT2D eigenvalue weighted by atomic mass is 9.81. The molecule has 1 unspecified atom stereocenters. The Labute approximate surface area is 113 Å². The lowest BCUT2D eigenvalue weighted by molar-refractivity contribution is -0.137. The van der Waals surface area contributed by atoms with Crippen LogP contribution in [0.1, 0.15) is 33.1 Å². The standard InChI is InChI=1S/C12H21N3O2S/c1-3-12(4-2,10(14)18)11(17)15-6-5-8(7-15)9(13)16/h8H,3-7H2,1-2H3,(H2,13,16)(H2,14,18). The van der Waals surface area contributed by atoms with Gasteiger partial charge in [-0.15, -0.1) is 0 Å². The third-order valence-electron chi connectivity index (χ3n) is 3.97. The van der Waals surface area contributed by atoms with Crippen LogP contribution < -0.4 is 11.5 Å². The van der Waals surface area contributed by atoms with Gasteiger partial charge >= 0.3 is 0 Å². The molecule has 18 heavy (non-hydrogen) atoms. The molecule has 102 valence electrons. The summed E-state index contributed by atoms with van der Waals surface area (Å²) in [5, 5.41) is 0. The van der Waals surface area contributed by atoms with E-state index in [-0.39, 0.29) is 22.7 Å². The van der Waals surface area contributed by atoms with Crippen LogP contribution in [-0.4, -0.2) is 34.8 Å². The van der Waals surface area contributed by atoms with E-state index in [1.165, 1.54) is 0 Å². The van der Waals surface area contributed by atoms with Crippen molar-refractivity contribution in [1.82, 2.24) is 4.90 Å². The number of likely N-dealkylation sites (tertiary alicyclic amines) is 1. The van der Waals surface area contributed by atoms with Gasteiger partial charge in [0.1, 0.15) is 0 Å². The zero-order chi connectivity index (χ0) is 13.9. The molecule has 1 heterocycles. The number of hydrogen-bond donors (Lipinski definition) is 2. The molecule has 1 atom stereocenters. The third-order valence-corrected chi connectivity index (χ3v) is 4.36. The molecule has 0 aliphatic carbocycles. The minimum absolute atomic E-state index is 0.0660. The predicted molar refractivity (Wildman–Crippen MR) is 73.7 cm³/mol. The van der Waals surface area contributed by atoms with Gasteiger partial charge in [0.2, 0.25) is 11.8 Å². The molecular weight excluding hydrogens is 250 g/mol. The van der Waals surface area contributed by atoms with Crippen molar-refractivity contribution >= 4 is 29.0 Å². The minimum atomic E-state index is -0.776. The molecule has 1 aliphatic heterocycles. The van der Waals surface area contributed by atoms with E-state index in [1.54, 1.807) is 4.90 Å². The molecule has 2 amide bonds. The SMILES string of the molecule is CCC(CC)(C(=O)N1CCC(C(N)=O)C1)C(N)=S. The van der Waals surface area contributed by atoms with Crippen molar-refractivity contribution in [3.63, 3.8) is 0 Å². The highest BCUT2D eigenvalue weighted by atomic mass is 32.1. The maximum Gasteiger partial charge on any atom is 0.235 e. The van der Waals surface area contributed by atoms with Gasteiger partial charge in [-0.3, -0.25) is 9.59 Å². The van der Waals surface area contributed by atoms with Gasteiger partial charge in [-0.1, -0.05) is 26.1 Å². The molecule has 4 N–H and O–H groups in total. The molecule has 0 bridgehead atoms. The summed E-state index contributed by atoms with van der Waals surface area (Å²) in [4.78, 5) is 25.6. The van der Waals surface area contributed by atoms with Gasteiger partial charge in [0.25, 0.3) is 0 Å². The van der Waals surface area contributed by atoms with E-state index < -0.39 is 5.41 Å². The highest BCUT2D eigenvalue weighted by Gasteiger charge is 2.43. The fourth-order valence-corrected chi connectivity index (χ4v) is 2.86. The van der Waals surface area contributed by atoms with E-state index in [4.69, 9.17) is 23.7 Å². The Morgan fingerprint density at radius 1 is 1.33 bits per heavy atom. The van der Waals surface area contributed by atoms with E-state index in [1.807, 2.05) is 13.8 Å². The maximum absolute atomic E-state index is 12.5. The first-order valence-electron chi connectivity index (χ1n) is 6.27. The Kier molecular flexibility index (Phi) is 4.67. The Hall–Kier alpha value is -1.17. The third kappa shape index (κ3) is 2.48. The van der Waals surface area contributed by atoms with Gasteiger partial charge in [0.15, 0.2) is 0 Å². The van der Waals surface area contributed by atoms with Crippen LogP contribution in [0.5, 0.6) is 0 Å². The largest absolute Gasteiger partial charge is 0.392 e. The summed E-state index contributed by atoms with van der Waals surface area (Å²) >= 11 is 5.06. The lowest BCUT2D eigenvalue weighted by Crippen LogP contribution is -2.49. The second kappa shape index (κ2) is 5.65. The van der Waals surface area contributed by atoms with Crippen LogP contribution in [0, 0.1) is 11.3 Å². The van der Waals surface area contributed by atoms with Crippen LogP contribution in [0.25, 0.3) is 0 Å². The zero-order valence-electron chi connectivity index (χ0n) is 10.9.